The average Bonchev–Trinajstić information content (AvgIpc) is 3.27. The first kappa shape index (κ1) is 25.9. The Hall–Kier alpha value is -1.35. The molecule has 1 heterocycles. The van der Waals surface area contributed by atoms with Gasteiger partial charge in [0, 0.05) is 19.5 Å². The summed E-state index contributed by atoms with van der Waals surface area (Å²) in [7, 11) is 2.01. The van der Waals surface area contributed by atoms with Gasteiger partial charge in [0.25, 0.3) is 0 Å². The van der Waals surface area contributed by atoms with Crippen LogP contribution in [0.1, 0.15) is 97.6 Å². The van der Waals surface area contributed by atoms with Gasteiger partial charge in [0.15, 0.2) is 0 Å². The molecule has 0 unspecified atom stereocenters. The van der Waals surface area contributed by atoms with Gasteiger partial charge in [-0.3, -0.25) is 4.79 Å². The van der Waals surface area contributed by atoms with Crippen molar-refractivity contribution >= 4 is 5.91 Å². The summed E-state index contributed by atoms with van der Waals surface area (Å²) >= 11 is 0. The van der Waals surface area contributed by atoms with Crippen LogP contribution in [0.4, 0.5) is 0 Å². The highest BCUT2D eigenvalue weighted by molar-refractivity contribution is 5.78. The van der Waals surface area contributed by atoms with E-state index in [1.807, 2.05) is 11.9 Å². The number of carbonyl (C=O) groups is 1. The van der Waals surface area contributed by atoms with E-state index >= 15 is 0 Å². The Morgan fingerprint density at radius 3 is 2.32 bits per heavy atom. The van der Waals surface area contributed by atoms with Crippen LogP contribution in [0, 0.1) is 11.3 Å². The Bertz CT molecular complexity index is 691. The van der Waals surface area contributed by atoms with Crippen LogP contribution in [-0.4, -0.2) is 42.4 Å². The second kappa shape index (κ2) is 11.0. The van der Waals surface area contributed by atoms with Crippen LogP contribution in [0.3, 0.4) is 0 Å². The Kier molecular flexibility index (Phi) is 9.18. The maximum absolute atomic E-state index is 12.9. The average molecular weight is 429 g/mol. The lowest BCUT2D eigenvalue weighted by molar-refractivity contribution is -0.134. The predicted molar refractivity (Wildman–Crippen MR) is 133 cm³/mol. The minimum Gasteiger partial charge on any atom is -0.341 e. The van der Waals surface area contributed by atoms with Crippen molar-refractivity contribution in [3.63, 3.8) is 0 Å². The molecule has 3 heteroatoms. The van der Waals surface area contributed by atoms with Crippen LogP contribution in [-0.2, 0) is 16.8 Å². The van der Waals surface area contributed by atoms with Crippen LogP contribution in [0.15, 0.2) is 24.3 Å². The van der Waals surface area contributed by atoms with Gasteiger partial charge in [0.2, 0.25) is 5.91 Å². The summed E-state index contributed by atoms with van der Waals surface area (Å²) in [4.78, 5) is 17.6. The molecule has 1 saturated carbocycles. The molecule has 2 fully saturated rings. The van der Waals surface area contributed by atoms with Crippen LogP contribution < -0.4 is 0 Å². The molecule has 0 aromatic heterocycles. The lowest BCUT2D eigenvalue weighted by Gasteiger charge is -2.43. The molecule has 1 saturated heterocycles. The van der Waals surface area contributed by atoms with E-state index < -0.39 is 0 Å². The van der Waals surface area contributed by atoms with Crippen molar-refractivity contribution in [3.05, 3.63) is 35.4 Å². The number of likely N-dealkylation sites (tertiary alicyclic amines) is 1. The number of piperidine rings is 1. The zero-order valence-corrected chi connectivity index (χ0v) is 20.2. The fourth-order valence-electron chi connectivity index (χ4n) is 5.50. The van der Waals surface area contributed by atoms with E-state index in [9.17, 15) is 4.79 Å². The molecule has 0 atom stereocenters. The van der Waals surface area contributed by atoms with Gasteiger partial charge in [0.1, 0.15) is 0 Å². The first-order chi connectivity index (χ1) is 14.2. The third kappa shape index (κ3) is 6.57. The van der Waals surface area contributed by atoms with E-state index in [1.54, 1.807) is 0 Å². The highest BCUT2D eigenvalue weighted by Crippen LogP contribution is 2.41. The maximum atomic E-state index is 12.9. The topological polar surface area (TPSA) is 23.6 Å². The minimum atomic E-state index is 0. The Labute approximate surface area is 192 Å². The quantitative estimate of drug-likeness (QED) is 0.485. The molecule has 1 aromatic carbocycles. The third-order valence-corrected chi connectivity index (χ3v) is 7.74. The zero-order chi connectivity index (χ0) is 21.8. The molecule has 0 spiro atoms. The van der Waals surface area contributed by atoms with E-state index in [1.165, 1.54) is 69.3 Å². The monoisotopic (exact) mass is 428 g/mol. The predicted octanol–water partition coefficient (Wildman–Crippen LogP) is 6.65. The highest BCUT2D eigenvalue weighted by Gasteiger charge is 2.36. The number of hydrogen-bond donors (Lipinski definition) is 0. The van der Waals surface area contributed by atoms with Gasteiger partial charge in [-0.1, -0.05) is 72.2 Å². The summed E-state index contributed by atoms with van der Waals surface area (Å²) in [5.41, 5.74) is 3.51. The summed E-state index contributed by atoms with van der Waals surface area (Å²) in [5.74, 6) is 0.609. The van der Waals surface area contributed by atoms with Gasteiger partial charge in [-0.25, -0.2) is 0 Å². The SMILES string of the molecule is C.CCC1(c2ccccc2CN(C)C(=O)C2CCCC2)CCN(CCC(C)(C)C)CC1. The number of hydrogen-bond acceptors (Lipinski definition) is 2. The fourth-order valence-corrected chi connectivity index (χ4v) is 5.50. The van der Waals surface area contributed by atoms with E-state index in [2.05, 4.69) is 56.9 Å². The fraction of sp³-hybridized carbons (Fsp3) is 0.750. The summed E-state index contributed by atoms with van der Waals surface area (Å²) in [6.07, 6.45) is 9.48. The van der Waals surface area contributed by atoms with Gasteiger partial charge in [-0.05, 0) is 80.1 Å². The second-order valence-electron chi connectivity index (χ2n) is 11.1. The first-order valence-electron chi connectivity index (χ1n) is 12.3. The number of benzene rings is 1. The summed E-state index contributed by atoms with van der Waals surface area (Å²) < 4.78 is 0. The van der Waals surface area contributed by atoms with Crippen LogP contribution in [0.25, 0.3) is 0 Å². The molecule has 0 radical (unpaired) electrons. The first-order valence-corrected chi connectivity index (χ1v) is 12.3. The number of amides is 1. The lowest BCUT2D eigenvalue weighted by atomic mass is 9.69. The van der Waals surface area contributed by atoms with Crippen LogP contribution in [0.2, 0.25) is 0 Å². The molecule has 3 rings (SSSR count). The van der Waals surface area contributed by atoms with Gasteiger partial charge < -0.3 is 9.80 Å². The van der Waals surface area contributed by atoms with Gasteiger partial charge in [-0.2, -0.15) is 0 Å². The van der Waals surface area contributed by atoms with Crippen molar-refractivity contribution in [2.75, 3.05) is 26.7 Å². The zero-order valence-electron chi connectivity index (χ0n) is 20.2. The lowest BCUT2D eigenvalue weighted by Crippen LogP contribution is -2.44. The summed E-state index contributed by atoms with van der Waals surface area (Å²) in [5, 5.41) is 0. The van der Waals surface area contributed by atoms with Gasteiger partial charge >= 0.3 is 0 Å². The number of carbonyl (C=O) groups excluding carboxylic acids is 1. The van der Waals surface area contributed by atoms with Crippen molar-refractivity contribution in [1.29, 1.82) is 0 Å². The van der Waals surface area contributed by atoms with E-state index in [0.717, 1.165) is 19.4 Å². The Morgan fingerprint density at radius 2 is 1.74 bits per heavy atom. The number of rotatable bonds is 7. The van der Waals surface area contributed by atoms with Crippen molar-refractivity contribution in [2.45, 2.75) is 98.4 Å². The standard InChI is InChI=1S/C27H44N2O.CH4/c1-6-27(16-19-29(20-17-27)18-15-26(2,3)4)24-14-10-9-13-23(24)21-28(5)25(30)22-11-7-8-12-22;/h9-10,13-14,22H,6-8,11-12,15-21H2,1-5H3;1H4. The smallest absolute Gasteiger partial charge is 0.225 e. The molecular weight excluding hydrogens is 380 g/mol. The molecule has 2 aliphatic rings. The second-order valence-corrected chi connectivity index (χ2v) is 11.1. The molecule has 31 heavy (non-hydrogen) atoms. The molecule has 1 amide bonds. The summed E-state index contributed by atoms with van der Waals surface area (Å²) in [6.45, 7) is 13.7. The maximum Gasteiger partial charge on any atom is 0.225 e. The number of nitrogens with zero attached hydrogens (tertiary/aromatic N) is 2. The molecule has 3 nitrogen and oxygen atoms in total. The molecule has 176 valence electrons. The Morgan fingerprint density at radius 1 is 1.13 bits per heavy atom. The largest absolute Gasteiger partial charge is 0.341 e. The summed E-state index contributed by atoms with van der Waals surface area (Å²) in [6, 6.07) is 8.95. The van der Waals surface area contributed by atoms with Gasteiger partial charge in [-0.15, -0.1) is 0 Å². The van der Waals surface area contributed by atoms with E-state index in [0.29, 0.717) is 11.3 Å². The van der Waals surface area contributed by atoms with Crippen LogP contribution in [0.5, 0.6) is 0 Å². The van der Waals surface area contributed by atoms with Crippen molar-refractivity contribution in [3.8, 4) is 0 Å². The van der Waals surface area contributed by atoms with Crippen molar-refractivity contribution in [2.24, 2.45) is 11.3 Å². The van der Waals surface area contributed by atoms with Gasteiger partial charge in [0.05, 0.1) is 0 Å². The molecule has 1 aliphatic carbocycles. The Balaban J connectivity index is 0.00000341. The van der Waals surface area contributed by atoms with E-state index in [4.69, 9.17) is 0 Å². The molecule has 0 bridgehead atoms. The third-order valence-electron chi connectivity index (χ3n) is 7.74. The normalized spacial score (nSPS) is 19.8. The molecule has 0 N–H and O–H groups in total. The highest BCUT2D eigenvalue weighted by atomic mass is 16.2. The molecule has 1 aromatic rings. The minimum absolute atomic E-state index is 0. The molecule has 1 aliphatic heterocycles. The van der Waals surface area contributed by atoms with Crippen molar-refractivity contribution < 1.29 is 4.79 Å². The molecular formula is C28H48N2O. The van der Waals surface area contributed by atoms with E-state index in [-0.39, 0.29) is 18.8 Å². The van der Waals surface area contributed by atoms with Crippen LogP contribution >= 0.6 is 0 Å². The van der Waals surface area contributed by atoms with Crippen molar-refractivity contribution in [1.82, 2.24) is 9.80 Å².